The number of rotatable bonds is 13. The van der Waals surface area contributed by atoms with Crippen LogP contribution in [-0.4, -0.2) is 0 Å². The van der Waals surface area contributed by atoms with Crippen molar-refractivity contribution in [2.45, 2.75) is 104 Å². The number of unbranched alkanes of at least 4 members (excludes halogenated alkanes) is 4. The maximum atomic E-state index is 3.89. The lowest BCUT2D eigenvalue weighted by Gasteiger charge is -2.14. The van der Waals surface area contributed by atoms with Crippen LogP contribution in [0.1, 0.15) is 115 Å². The molecule has 0 saturated heterocycles. The summed E-state index contributed by atoms with van der Waals surface area (Å²) in [7, 11) is 0. The summed E-state index contributed by atoms with van der Waals surface area (Å²) in [4.78, 5) is 2.85. The Kier molecular flexibility index (Phi) is 11.4. The second-order valence-corrected chi connectivity index (χ2v) is 12.6. The van der Waals surface area contributed by atoms with E-state index >= 15 is 0 Å². The maximum Gasteiger partial charge on any atom is 0.0740 e. The van der Waals surface area contributed by atoms with Crippen LogP contribution in [0.4, 0.5) is 0 Å². The van der Waals surface area contributed by atoms with Crippen molar-refractivity contribution in [3.63, 3.8) is 0 Å². The van der Waals surface area contributed by atoms with E-state index < -0.39 is 0 Å². The monoisotopic (exact) mass is 546 g/mol. The molecule has 0 aliphatic carbocycles. The maximum absolute atomic E-state index is 3.89. The third kappa shape index (κ3) is 6.68. The summed E-state index contributed by atoms with van der Waals surface area (Å²) in [5.74, 6) is 1.37. The van der Waals surface area contributed by atoms with E-state index in [0.717, 1.165) is 0 Å². The molecular weight excluding hydrogens is 512 g/mol. The van der Waals surface area contributed by atoms with Gasteiger partial charge in [-0.15, -0.1) is 22.7 Å². The Morgan fingerprint density at radius 1 is 0.679 bits per heavy atom. The van der Waals surface area contributed by atoms with Gasteiger partial charge in [0.05, 0.1) is 7.57 Å². The first kappa shape index (κ1) is 24.6. The molecular formula is C24H36Br2S2. The third-order valence-corrected chi connectivity index (χ3v) is 9.81. The first-order chi connectivity index (χ1) is 13.5. The fourth-order valence-electron chi connectivity index (χ4n) is 4.01. The molecule has 0 aromatic carbocycles. The molecule has 2 unspecified atom stereocenters. The van der Waals surface area contributed by atoms with Crippen LogP contribution in [0, 0.1) is 0 Å². The van der Waals surface area contributed by atoms with Crippen molar-refractivity contribution < 1.29 is 0 Å². The van der Waals surface area contributed by atoms with Gasteiger partial charge in [-0.25, -0.2) is 0 Å². The minimum atomic E-state index is 0.686. The summed E-state index contributed by atoms with van der Waals surface area (Å²) in [6.07, 6.45) is 13.1. The van der Waals surface area contributed by atoms with Gasteiger partial charge >= 0.3 is 0 Å². The van der Waals surface area contributed by atoms with E-state index in [0.29, 0.717) is 11.8 Å². The Morgan fingerprint density at radius 2 is 1.07 bits per heavy atom. The van der Waals surface area contributed by atoms with E-state index in [9.17, 15) is 0 Å². The van der Waals surface area contributed by atoms with Crippen LogP contribution in [-0.2, 0) is 0 Å². The van der Waals surface area contributed by atoms with Crippen molar-refractivity contribution in [3.8, 4) is 9.75 Å². The molecule has 0 amide bonds. The van der Waals surface area contributed by atoms with Crippen LogP contribution in [0.25, 0.3) is 9.75 Å². The van der Waals surface area contributed by atoms with E-state index in [1.54, 1.807) is 0 Å². The molecule has 0 N–H and O–H groups in total. The van der Waals surface area contributed by atoms with Crippen molar-refractivity contribution in [1.29, 1.82) is 0 Å². The minimum absolute atomic E-state index is 0.686. The zero-order valence-electron chi connectivity index (χ0n) is 18.0. The molecule has 2 heterocycles. The Morgan fingerprint density at radius 3 is 1.39 bits per heavy atom. The Hall–Kier alpha value is 0.360. The molecule has 2 rings (SSSR count). The van der Waals surface area contributed by atoms with E-state index in [-0.39, 0.29) is 0 Å². The molecule has 4 heteroatoms. The van der Waals surface area contributed by atoms with Gasteiger partial charge in [0.15, 0.2) is 0 Å². The van der Waals surface area contributed by atoms with E-state index in [2.05, 4.69) is 71.7 Å². The molecule has 2 aromatic rings. The normalized spacial score (nSPS) is 13.8. The molecule has 0 nitrogen and oxygen atoms in total. The van der Waals surface area contributed by atoms with Crippen molar-refractivity contribution in [2.75, 3.05) is 0 Å². The lowest BCUT2D eigenvalue weighted by Crippen LogP contribution is -1.96. The number of thiophene rings is 2. The van der Waals surface area contributed by atoms with Crippen LogP contribution in [0.5, 0.6) is 0 Å². The van der Waals surface area contributed by atoms with Gasteiger partial charge in [-0.05, 0) is 92.6 Å². The topological polar surface area (TPSA) is 0 Å². The Labute approximate surface area is 197 Å². The molecule has 0 spiro atoms. The second-order valence-electron chi connectivity index (χ2n) is 7.88. The lowest BCUT2D eigenvalue weighted by atomic mass is 9.92. The molecule has 2 atom stereocenters. The first-order valence-electron chi connectivity index (χ1n) is 11.1. The van der Waals surface area contributed by atoms with Gasteiger partial charge in [0.2, 0.25) is 0 Å². The summed E-state index contributed by atoms with van der Waals surface area (Å²) >= 11 is 11.6. The number of halogens is 2. The molecule has 2 aromatic heterocycles. The molecule has 0 saturated carbocycles. The van der Waals surface area contributed by atoms with Crippen molar-refractivity contribution in [1.82, 2.24) is 0 Å². The summed E-state index contributed by atoms with van der Waals surface area (Å²) in [5.41, 5.74) is 3.05. The average Bonchev–Trinajstić information content (AvgIpc) is 3.26. The van der Waals surface area contributed by atoms with Gasteiger partial charge in [0.25, 0.3) is 0 Å². The van der Waals surface area contributed by atoms with E-state index in [1.807, 2.05) is 22.7 Å². The Bertz CT molecular complexity index is 641. The van der Waals surface area contributed by atoms with E-state index in [4.69, 9.17) is 0 Å². The molecule has 0 fully saturated rings. The van der Waals surface area contributed by atoms with Crippen LogP contribution in [0.2, 0.25) is 0 Å². The highest BCUT2D eigenvalue weighted by atomic mass is 79.9. The van der Waals surface area contributed by atoms with Crippen molar-refractivity contribution in [2.24, 2.45) is 0 Å². The lowest BCUT2D eigenvalue weighted by molar-refractivity contribution is 0.553. The summed E-state index contributed by atoms with van der Waals surface area (Å²) < 4.78 is 2.68. The van der Waals surface area contributed by atoms with Crippen molar-refractivity contribution in [3.05, 3.63) is 30.8 Å². The summed E-state index contributed by atoms with van der Waals surface area (Å²) in [5, 5.41) is 0. The predicted molar refractivity (Wildman–Crippen MR) is 137 cm³/mol. The fourth-order valence-corrected chi connectivity index (χ4v) is 7.94. The van der Waals surface area contributed by atoms with Gasteiger partial charge < -0.3 is 0 Å². The zero-order chi connectivity index (χ0) is 20.5. The van der Waals surface area contributed by atoms with Crippen LogP contribution < -0.4 is 0 Å². The molecule has 0 bridgehead atoms. The zero-order valence-corrected chi connectivity index (χ0v) is 22.8. The largest absolute Gasteiger partial charge is 0.127 e. The van der Waals surface area contributed by atoms with Crippen LogP contribution in [0.3, 0.4) is 0 Å². The summed E-state index contributed by atoms with van der Waals surface area (Å²) in [6, 6.07) is 4.93. The summed E-state index contributed by atoms with van der Waals surface area (Å²) in [6.45, 7) is 9.25. The quantitative estimate of drug-likeness (QED) is 0.219. The number of hydrogen-bond donors (Lipinski definition) is 0. The predicted octanol–water partition coefficient (Wildman–Crippen LogP) is 11.1. The third-order valence-electron chi connectivity index (χ3n) is 5.85. The molecule has 0 aliphatic rings. The van der Waals surface area contributed by atoms with Crippen LogP contribution in [0.15, 0.2) is 19.7 Å². The number of hydrogen-bond acceptors (Lipinski definition) is 2. The Balaban J connectivity index is 2.19. The van der Waals surface area contributed by atoms with Gasteiger partial charge in [0, 0.05) is 9.75 Å². The van der Waals surface area contributed by atoms with Gasteiger partial charge in [-0.3, -0.25) is 0 Å². The highest BCUT2D eigenvalue weighted by Gasteiger charge is 2.20. The molecule has 0 radical (unpaired) electrons. The highest BCUT2D eigenvalue weighted by Crippen LogP contribution is 2.46. The van der Waals surface area contributed by atoms with Crippen molar-refractivity contribution >= 4 is 54.5 Å². The fraction of sp³-hybridized carbons (Fsp3) is 0.667. The van der Waals surface area contributed by atoms with E-state index in [1.165, 1.54) is 92.7 Å². The van der Waals surface area contributed by atoms with Gasteiger partial charge in [-0.2, -0.15) is 0 Å². The van der Waals surface area contributed by atoms with Gasteiger partial charge in [0.1, 0.15) is 0 Å². The first-order valence-corrected chi connectivity index (χ1v) is 14.4. The minimum Gasteiger partial charge on any atom is -0.127 e. The highest BCUT2D eigenvalue weighted by molar-refractivity contribution is 9.11. The van der Waals surface area contributed by atoms with Gasteiger partial charge in [-0.1, -0.05) is 66.2 Å². The standard InChI is InChI=1S/C24H36Br2S2/c1-5-9-11-13-17(7-3)19-15-21(27-23(19)25)22-16-20(24(26)28-22)18(8-4)14-12-10-6-2/h15-18H,5-14H2,1-4H3. The smallest absolute Gasteiger partial charge is 0.0740 e. The molecule has 158 valence electrons. The second kappa shape index (κ2) is 12.9. The molecule has 0 aliphatic heterocycles. The SMILES string of the molecule is CCCCCC(CC)c1cc(-c2cc(C(CC)CCCCC)c(Br)s2)sc1Br. The molecule has 28 heavy (non-hydrogen) atoms. The van der Waals surface area contributed by atoms with Crippen LogP contribution >= 0.6 is 54.5 Å². The average molecular weight is 548 g/mol.